The molecule has 0 saturated heterocycles. The van der Waals surface area contributed by atoms with E-state index in [0.717, 1.165) is 19.3 Å². The molecular weight excluding hydrogens is 269 g/mol. The van der Waals surface area contributed by atoms with Gasteiger partial charge in [0.05, 0.1) is 6.04 Å². The number of halogens is 2. The van der Waals surface area contributed by atoms with Gasteiger partial charge in [-0.2, -0.15) is 0 Å². The predicted molar refractivity (Wildman–Crippen MR) is 75.0 cm³/mol. The predicted octanol–water partition coefficient (Wildman–Crippen LogP) is 3.72. The summed E-state index contributed by atoms with van der Waals surface area (Å²) in [5.74, 6) is -0.175. The largest absolute Gasteiger partial charge is 0.333 e. The summed E-state index contributed by atoms with van der Waals surface area (Å²) in [5, 5.41) is 0. The highest BCUT2D eigenvalue weighted by Crippen LogP contribution is 2.34. The average molecular weight is 286 g/mol. The Kier molecular flexibility index (Phi) is 4.52. The lowest BCUT2D eigenvalue weighted by Gasteiger charge is -2.37. The summed E-state index contributed by atoms with van der Waals surface area (Å²) in [4.78, 5) is 12.9. The van der Waals surface area contributed by atoms with Gasteiger partial charge in [-0.1, -0.05) is 60.8 Å². The number of hydrogen-bond acceptors (Lipinski definition) is 1. The van der Waals surface area contributed by atoms with Gasteiger partial charge in [-0.3, -0.25) is 4.79 Å². The minimum atomic E-state index is -0.963. The zero-order valence-corrected chi connectivity index (χ0v) is 11.9. The second-order valence-electron chi connectivity index (χ2n) is 4.59. The van der Waals surface area contributed by atoms with Gasteiger partial charge >= 0.3 is 0 Å². The second-order valence-corrected chi connectivity index (χ2v) is 5.68. The van der Waals surface area contributed by atoms with E-state index in [0.29, 0.717) is 6.54 Å². The van der Waals surface area contributed by atoms with E-state index in [4.69, 9.17) is 23.2 Å². The highest BCUT2D eigenvalue weighted by atomic mass is 35.5. The fourth-order valence-corrected chi connectivity index (χ4v) is 2.88. The van der Waals surface area contributed by atoms with E-state index in [9.17, 15) is 4.79 Å². The summed E-state index contributed by atoms with van der Waals surface area (Å²) < 4.78 is 0. The van der Waals surface area contributed by atoms with E-state index < -0.39 is 4.84 Å². The maximum Gasteiger partial charge on any atom is 0.256 e. The summed E-state index contributed by atoms with van der Waals surface area (Å²) >= 11 is 11.5. The van der Waals surface area contributed by atoms with E-state index in [-0.39, 0.29) is 11.9 Å². The molecule has 1 aliphatic heterocycles. The minimum absolute atomic E-state index is 0.118. The third kappa shape index (κ3) is 2.65. The fourth-order valence-electron chi connectivity index (χ4n) is 2.63. The quantitative estimate of drug-likeness (QED) is 0.776. The zero-order chi connectivity index (χ0) is 13.1. The summed E-state index contributed by atoms with van der Waals surface area (Å²) in [6, 6.07) is 8.43. The van der Waals surface area contributed by atoms with E-state index in [2.05, 4.69) is 19.1 Å². The van der Waals surface area contributed by atoms with E-state index in [1.165, 1.54) is 11.1 Å². The molecule has 1 atom stereocenters. The molecule has 0 saturated carbocycles. The van der Waals surface area contributed by atoms with Crippen LogP contribution in [0.4, 0.5) is 0 Å². The van der Waals surface area contributed by atoms with Gasteiger partial charge in [0.1, 0.15) is 0 Å². The van der Waals surface area contributed by atoms with Gasteiger partial charge in [-0.15, -0.1) is 0 Å². The van der Waals surface area contributed by atoms with Crippen molar-refractivity contribution in [2.24, 2.45) is 0 Å². The van der Waals surface area contributed by atoms with Crippen molar-refractivity contribution in [2.75, 3.05) is 6.54 Å². The monoisotopic (exact) mass is 285 g/mol. The third-order valence-corrected chi connectivity index (χ3v) is 3.82. The van der Waals surface area contributed by atoms with Gasteiger partial charge < -0.3 is 4.90 Å². The minimum Gasteiger partial charge on any atom is -0.333 e. The molecule has 1 aromatic rings. The van der Waals surface area contributed by atoms with Crippen LogP contribution in [0.25, 0.3) is 0 Å². The smallest absolute Gasteiger partial charge is 0.256 e. The average Bonchev–Trinajstić information content (AvgIpc) is 2.38. The highest BCUT2D eigenvalue weighted by molar-refractivity contribution is 6.53. The van der Waals surface area contributed by atoms with Gasteiger partial charge in [-0.05, 0) is 24.0 Å². The number of hydrogen-bond donors (Lipinski definition) is 0. The number of carbonyl (C=O) groups is 1. The van der Waals surface area contributed by atoms with Crippen LogP contribution in [0.5, 0.6) is 0 Å². The second kappa shape index (κ2) is 5.94. The Morgan fingerprint density at radius 1 is 1.44 bits per heavy atom. The molecule has 0 N–H and O–H groups in total. The van der Waals surface area contributed by atoms with Crippen LogP contribution in [0.15, 0.2) is 24.3 Å². The van der Waals surface area contributed by atoms with Crippen molar-refractivity contribution >= 4 is 29.1 Å². The van der Waals surface area contributed by atoms with E-state index in [1.54, 1.807) is 0 Å². The number of rotatable bonds is 3. The van der Waals surface area contributed by atoms with E-state index in [1.807, 2.05) is 17.0 Å². The molecule has 2 rings (SSSR count). The van der Waals surface area contributed by atoms with Crippen LogP contribution in [-0.4, -0.2) is 22.2 Å². The Balaban J connectivity index is 2.32. The molecule has 1 amide bonds. The number of carbonyl (C=O) groups excluding carboxylic acids is 1. The molecule has 2 nitrogen and oxygen atoms in total. The topological polar surface area (TPSA) is 20.3 Å². The molecule has 1 aliphatic rings. The first-order chi connectivity index (χ1) is 8.65. The van der Waals surface area contributed by atoms with Crippen LogP contribution in [0.3, 0.4) is 0 Å². The first-order valence-electron chi connectivity index (χ1n) is 6.31. The lowest BCUT2D eigenvalue weighted by Crippen LogP contribution is -2.42. The number of nitrogens with zero attached hydrogens (tertiary/aromatic N) is 1. The van der Waals surface area contributed by atoms with Crippen molar-refractivity contribution in [2.45, 2.75) is 37.1 Å². The number of benzene rings is 1. The van der Waals surface area contributed by atoms with Crippen molar-refractivity contribution in [3.63, 3.8) is 0 Å². The normalized spacial score (nSPS) is 18.9. The molecule has 1 heterocycles. The maximum atomic E-state index is 12.1. The van der Waals surface area contributed by atoms with Crippen molar-refractivity contribution in [3.05, 3.63) is 35.4 Å². The van der Waals surface area contributed by atoms with E-state index >= 15 is 0 Å². The van der Waals surface area contributed by atoms with Crippen molar-refractivity contribution in [3.8, 4) is 0 Å². The molecule has 0 aromatic heterocycles. The first kappa shape index (κ1) is 13.7. The van der Waals surface area contributed by atoms with Gasteiger partial charge in [0, 0.05) is 6.54 Å². The van der Waals surface area contributed by atoms with Crippen molar-refractivity contribution in [1.29, 1.82) is 0 Å². The van der Waals surface area contributed by atoms with Crippen LogP contribution in [0, 0.1) is 0 Å². The van der Waals surface area contributed by atoms with Gasteiger partial charge in [0.2, 0.25) is 0 Å². The van der Waals surface area contributed by atoms with Gasteiger partial charge in [0.15, 0.2) is 4.84 Å². The molecule has 0 spiro atoms. The summed E-state index contributed by atoms with van der Waals surface area (Å²) in [5.41, 5.74) is 2.58. The molecule has 4 heteroatoms. The number of amides is 1. The summed E-state index contributed by atoms with van der Waals surface area (Å²) in [7, 11) is 0. The van der Waals surface area contributed by atoms with Gasteiger partial charge in [-0.25, -0.2) is 0 Å². The Morgan fingerprint density at radius 2 is 2.17 bits per heavy atom. The molecule has 0 bridgehead atoms. The Labute approximate surface area is 118 Å². The molecular formula is C14H17Cl2NO. The third-order valence-electron chi connectivity index (χ3n) is 3.44. The van der Waals surface area contributed by atoms with Gasteiger partial charge in [0.25, 0.3) is 5.91 Å². The Morgan fingerprint density at radius 3 is 2.83 bits per heavy atom. The fraction of sp³-hybridized carbons (Fsp3) is 0.500. The molecule has 1 unspecified atom stereocenters. The lowest BCUT2D eigenvalue weighted by atomic mass is 9.90. The van der Waals surface area contributed by atoms with Crippen LogP contribution in [0.2, 0.25) is 0 Å². The lowest BCUT2D eigenvalue weighted by molar-refractivity contribution is -0.132. The number of alkyl halides is 2. The van der Waals surface area contributed by atoms with Crippen LogP contribution < -0.4 is 0 Å². The Bertz CT molecular complexity index is 434. The first-order valence-corrected chi connectivity index (χ1v) is 7.19. The SMILES string of the molecule is CCCC1c2ccccc2CCN1C(=O)C(Cl)Cl. The van der Waals surface area contributed by atoms with Crippen LogP contribution >= 0.6 is 23.2 Å². The molecule has 1 aromatic carbocycles. The maximum absolute atomic E-state index is 12.1. The molecule has 0 fully saturated rings. The number of fused-ring (bicyclic) bond motifs is 1. The molecule has 0 aliphatic carbocycles. The van der Waals surface area contributed by atoms with Crippen LogP contribution in [0.1, 0.15) is 36.9 Å². The molecule has 0 radical (unpaired) electrons. The Hall–Kier alpha value is -0.730. The highest BCUT2D eigenvalue weighted by Gasteiger charge is 2.32. The zero-order valence-electron chi connectivity index (χ0n) is 10.4. The van der Waals surface area contributed by atoms with Crippen LogP contribution in [-0.2, 0) is 11.2 Å². The molecule has 98 valence electrons. The standard InChI is InChI=1S/C14H17Cl2NO/c1-2-5-12-11-7-4-3-6-10(11)8-9-17(12)14(18)13(15)16/h3-4,6-7,12-13H,2,5,8-9H2,1H3. The molecule has 18 heavy (non-hydrogen) atoms. The summed E-state index contributed by atoms with van der Waals surface area (Å²) in [6.07, 6.45) is 2.85. The summed E-state index contributed by atoms with van der Waals surface area (Å²) in [6.45, 7) is 2.83. The van der Waals surface area contributed by atoms with Crippen molar-refractivity contribution in [1.82, 2.24) is 4.90 Å². The van der Waals surface area contributed by atoms with Crippen molar-refractivity contribution < 1.29 is 4.79 Å².